The molecule has 1 aromatic carbocycles. The number of halogens is 1. The fourth-order valence-electron chi connectivity index (χ4n) is 1.97. The highest BCUT2D eigenvalue weighted by Gasteiger charge is 2.22. The maximum absolute atomic E-state index is 12.3. The highest BCUT2D eigenvalue weighted by Crippen LogP contribution is 2.16. The Morgan fingerprint density at radius 1 is 1.21 bits per heavy atom. The third kappa shape index (κ3) is 5.27. The van der Waals surface area contributed by atoms with Crippen molar-refractivity contribution in [1.29, 1.82) is 0 Å². The Morgan fingerprint density at radius 2 is 1.83 bits per heavy atom. The van der Waals surface area contributed by atoms with Crippen molar-refractivity contribution < 1.29 is 12.9 Å². The predicted octanol–water partition coefficient (Wildman–Crippen LogP) is 1.99. The summed E-state index contributed by atoms with van der Waals surface area (Å²) in [5, 5.41) is 6.96. The molecule has 0 fully saturated rings. The molecule has 24 heavy (non-hydrogen) atoms. The van der Waals surface area contributed by atoms with Crippen LogP contribution in [0.2, 0.25) is 0 Å². The number of nitrogens with zero attached hydrogens (tertiary/aromatic N) is 2. The second-order valence-corrected chi connectivity index (χ2v) is 7.31. The molecular formula is C15H23ClN4O3S. The Balaban J connectivity index is 0.00000288. The second-order valence-electron chi connectivity index (χ2n) is 5.60. The first-order chi connectivity index (χ1) is 10.8. The summed E-state index contributed by atoms with van der Waals surface area (Å²) in [5.41, 5.74) is 0.997. The first-order valence-electron chi connectivity index (χ1n) is 7.40. The standard InChI is InChI=1S/C15H22N4O3S.ClH/c1-10-5-7-13(8-6-10)23(20,21)19-12(3)15-17-14(18-22-15)9-11(2)16-4;/h5-8,11-12,16,19H,9H2,1-4H3;1H. The minimum Gasteiger partial charge on any atom is -0.338 e. The van der Waals surface area contributed by atoms with Crippen molar-refractivity contribution in [3.05, 3.63) is 41.5 Å². The summed E-state index contributed by atoms with van der Waals surface area (Å²) in [6.45, 7) is 5.57. The van der Waals surface area contributed by atoms with E-state index >= 15 is 0 Å². The molecule has 0 aliphatic carbocycles. The number of rotatable bonds is 7. The van der Waals surface area contributed by atoms with Crippen LogP contribution in [0.5, 0.6) is 0 Å². The lowest BCUT2D eigenvalue weighted by atomic mass is 10.2. The highest BCUT2D eigenvalue weighted by molar-refractivity contribution is 7.89. The van der Waals surface area contributed by atoms with Gasteiger partial charge in [-0.15, -0.1) is 12.4 Å². The molecule has 2 unspecified atom stereocenters. The van der Waals surface area contributed by atoms with Crippen LogP contribution >= 0.6 is 12.4 Å². The fraction of sp³-hybridized carbons (Fsp3) is 0.467. The van der Waals surface area contributed by atoms with E-state index in [1.807, 2.05) is 20.9 Å². The van der Waals surface area contributed by atoms with Gasteiger partial charge in [0, 0.05) is 12.5 Å². The van der Waals surface area contributed by atoms with Gasteiger partial charge in [0.2, 0.25) is 15.9 Å². The topological polar surface area (TPSA) is 97.1 Å². The molecule has 0 saturated heterocycles. The number of aromatic nitrogens is 2. The average Bonchev–Trinajstić information content (AvgIpc) is 2.95. The van der Waals surface area contributed by atoms with Crippen molar-refractivity contribution in [2.75, 3.05) is 7.05 Å². The molecule has 7 nitrogen and oxygen atoms in total. The highest BCUT2D eigenvalue weighted by atomic mass is 35.5. The zero-order chi connectivity index (χ0) is 17.0. The Kier molecular flexibility index (Phi) is 7.34. The number of benzene rings is 1. The van der Waals surface area contributed by atoms with E-state index in [-0.39, 0.29) is 29.2 Å². The number of nitrogens with one attached hydrogen (secondary N) is 2. The predicted molar refractivity (Wildman–Crippen MR) is 93.7 cm³/mol. The zero-order valence-electron chi connectivity index (χ0n) is 14.1. The maximum Gasteiger partial charge on any atom is 0.244 e. The number of likely N-dealkylation sites (N-methyl/N-ethyl adjacent to an activating group) is 1. The number of hydrogen-bond acceptors (Lipinski definition) is 6. The Labute approximate surface area is 148 Å². The van der Waals surface area contributed by atoms with Gasteiger partial charge in [-0.25, -0.2) is 8.42 Å². The molecule has 0 aliphatic heterocycles. The second kappa shape index (κ2) is 8.57. The van der Waals surface area contributed by atoms with Crippen molar-refractivity contribution in [1.82, 2.24) is 20.2 Å². The van der Waals surface area contributed by atoms with Gasteiger partial charge in [0.05, 0.1) is 10.9 Å². The Hall–Kier alpha value is -1.48. The minimum absolute atomic E-state index is 0. The van der Waals surface area contributed by atoms with Gasteiger partial charge in [-0.3, -0.25) is 0 Å². The lowest BCUT2D eigenvalue weighted by molar-refractivity contribution is 0.348. The zero-order valence-corrected chi connectivity index (χ0v) is 15.7. The van der Waals surface area contributed by atoms with Crippen LogP contribution in [0.1, 0.15) is 37.2 Å². The van der Waals surface area contributed by atoms with E-state index in [1.54, 1.807) is 31.2 Å². The van der Waals surface area contributed by atoms with E-state index in [2.05, 4.69) is 20.2 Å². The van der Waals surface area contributed by atoms with Crippen LogP contribution in [0.15, 0.2) is 33.7 Å². The molecule has 2 N–H and O–H groups in total. The van der Waals surface area contributed by atoms with E-state index in [0.717, 1.165) is 5.56 Å². The fourth-order valence-corrected chi connectivity index (χ4v) is 3.17. The van der Waals surface area contributed by atoms with Crippen molar-refractivity contribution in [3.8, 4) is 0 Å². The van der Waals surface area contributed by atoms with Gasteiger partial charge in [-0.1, -0.05) is 22.9 Å². The Morgan fingerprint density at radius 3 is 2.42 bits per heavy atom. The SMILES string of the molecule is CNC(C)Cc1noc(C(C)NS(=O)(=O)c2ccc(C)cc2)n1.Cl. The molecule has 0 spiro atoms. The third-order valence-corrected chi connectivity index (χ3v) is 5.06. The summed E-state index contributed by atoms with van der Waals surface area (Å²) in [6.07, 6.45) is 0.609. The van der Waals surface area contributed by atoms with Gasteiger partial charge in [0.15, 0.2) is 5.82 Å². The van der Waals surface area contributed by atoms with E-state index in [4.69, 9.17) is 4.52 Å². The molecule has 134 valence electrons. The molecule has 1 heterocycles. The van der Waals surface area contributed by atoms with Gasteiger partial charge in [-0.05, 0) is 40.0 Å². The molecule has 1 aromatic heterocycles. The van der Waals surface area contributed by atoms with E-state index in [1.165, 1.54) is 0 Å². The van der Waals surface area contributed by atoms with Crippen molar-refractivity contribution >= 4 is 22.4 Å². The van der Waals surface area contributed by atoms with Crippen molar-refractivity contribution in [2.24, 2.45) is 0 Å². The molecule has 0 saturated carbocycles. The van der Waals surface area contributed by atoms with Gasteiger partial charge in [-0.2, -0.15) is 9.71 Å². The molecule has 2 rings (SSSR count). The summed E-state index contributed by atoms with van der Waals surface area (Å²) in [7, 11) is -1.78. The normalized spacial score (nSPS) is 14.0. The quantitative estimate of drug-likeness (QED) is 0.769. The largest absolute Gasteiger partial charge is 0.338 e. The molecule has 0 bridgehead atoms. The van der Waals surface area contributed by atoms with Crippen molar-refractivity contribution in [3.63, 3.8) is 0 Å². The average molecular weight is 375 g/mol. The first-order valence-corrected chi connectivity index (χ1v) is 8.89. The number of sulfonamides is 1. The smallest absolute Gasteiger partial charge is 0.244 e. The number of hydrogen-bond donors (Lipinski definition) is 2. The van der Waals surface area contributed by atoms with Crippen molar-refractivity contribution in [2.45, 2.75) is 44.2 Å². The third-order valence-electron chi connectivity index (χ3n) is 3.50. The molecule has 0 amide bonds. The minimum atomic E-state index is -3.63. The molecule has 2 atom stereocenters. The van der Waals surface area contributed by atoms with Crippen LogP contribution in [0.25, 0.3) is 0 Å². The molecule has 0 radical (unpaired) electrons. The Bertz CT molecular complexity index is 746. The molecule has 2 aromatic rings. The summed E-state index contributed by atoms with van der Waals surface area (Å²) < 4.78 is 32.4. The van der Waals surface area contributed by atoms with Crippen LogP contribution in [0, 0.1) is 6.92 Å². The molecule has 0 aliphatic rings. The van der Waals surface area contributed by atoms with Gasteiger partial charge >= 0.3 is 0 Å². The molecule has 9 heteroatoms. The van der Waals surface area contributed by atoms with Crippen LogP contribution in [-0.4, -0.2) is 31.6 Å². The van der Waals surface area contributed by atoms with E-state index in [9.17, 15) is 8.42 Å². The summed E-state index contributed by atoms with van der Waals surface area (Å²) >= 11 is 0. The van der Waals surface area contributed by atoms with Crippen LogP contribution in [0.4, 0.5) is 0 Å². The monoisotopic (exact) mass is 374 g/mol. The lowest BCUT2D eigenvalue weighted by Gasteiger charge is -2.10. The van der Waals surface area contributed by atoms with Gasteiger partial charge in [0.25, 0.3) is 0 Å². The van der Waals surface area contributed by atoms with Crippen LogP contribution < -0.4 is 10.0 Å². The summed E-state index contributed by atoms with van der Waals surface area (Å²) in [4.78, 5) is 4.45. The summed E-state index contributed by atoms with van der Waals surface area (Å²) in [6, 6.07) is 6.25. The van der Waals surface area contributed by atoms with E-state index in [0.29, 0.717) is 12.2 Å². The van der Waals surface area contributed by atoms with Crippen LogP contribution in [0.3, 0.4) is 0 Å². The first kappa shape index (κ1) is 20.6. The van der Waals surface area contributed by atoms with Crippen LogP contribution in [-0.2, 0) is 16.4 Å². The number of aryl methyl sites for hydroxylation is 1. The molecular weight excluding hydrogens is 352 g/mol. The maximum atomic E-state index is 12.3. The summed E-state index contributed by atoms with van der Waals surface area (Å²) in [5.74, 6) is 0.794. The van der Waals surface area contributed by atoms with Gasteiger partial charge < -0.3 is 9.84 Å². The van der Waals surface area contributed by atoms with Gasteiger partial charge in [0.1, 0.15) is 0 Å². The lowest BCUT2D eigenvalue weighted by Crippen LogP contribution is -2.27. The van der Waals surface area contributed by atoms with E-state index < -0.39 is 16.1 Å².